The van der Waals surface area contributed by atoms with Gasteiger partial charge in [0.25, 0.3) is 0 Å². The number of hydrogen-bond donors (Lipinski definition) is 0. The molecule has 3 nitrogen and oxygen atoms in total. The fourth-order valence-corrected chi connectivity index (χ4v) is 9.49. The summed E-state index contributed by atoms with van der Waals surface area (Å²) in [6, 6.07) is 80.4. The van der Waals surface area contributed by atoms with E-state index < -0.39 is 0 Å². The molecule has 0 saturated carbocycles. The summed E-state index contributed by atoms with van der Waals surface area (Å²) in [4.78, 5) is 10.6. The maximum Gasteiger partial charge on any atom is 0.160 e. The number of rotatable bonds is 6. The average Bonchev–Trinajstić information content (AvgIpc) is 3.68. The lowest BCUT2D eigenvalue weighted by Gasteiger charge is -2.19. The van der Waals surface area contributed by atoms with Crippen LogP contribution in [0.15, 0.2) is 224 Å². The Bertz CT molecular complexity index is 3570. The number of fused-ring (bicyclic) bond motifs is 7. The average molecular weight is 776 g/mol. The van der Waals surface area contributed by atoms with Gasteiger partial charge in [0.1, 0.15) is 0 Å². The number of hydrogen-bond acceptors (Lipinski definition) is 2. The van der Waals surface area contributed by atoms with Gasteiger partial charge in [0, 0.05) is 27.5 Å². The van der Waals surface area contributed by atoms with Gasteiger partial charge in [-0.05, 0) is 78.8 Å². The van der Waals surface area contributed by atoms with Crippen molar-refractivity contribution >= 4 is 54.1 Å². The lowest BCUT2D eigenvalue weighted by atomic mass is 9.84. The molecule has 0 spiro atoms. The van der Waals surface area contributed by atoms with Crippen molar-refractivity contribution < 1.29 is 0 Å². The molecule has 12 rings (SSSR count). The topological polar surface area (TPSA) is 30.7 Å². The first-order valence-corrected chi connectivity index (χ1v) is 20.8. The Morgan fingerprint density at radius 3 is 1.52 bits per heavy atom. The second-order valence-corrected chi connectivity index (χ2v) is 15.7. The molecule has 0 saturated heterocycles. The van der Waals surface area contributed by atoms with Crippen molar-refractivity contribution in [2.75, 3.05) is 0 Å². The molecule has 61 heavy (non-hydrogen) atoms. The fourth-order valence-electron chi connectivity index (χ4n) is 9.49. The first-order valence-electron chi connectivity index (χ1n) is 20.8. The molecule has 0 radical (unpaired) electrons. The second kappa shape index (κ2) is 14.3. The lowest BCUT2D eigenvalue weighted by Crippen LogP contribution is -2.00. The first-order chi connectivity index (χ1) is 30.3. The van der Waals surface area contributed by atoms with Crippen LogP contribution in [-0.4, -0.2) is 14.5 Å². The van der Waals surface area contributed by atoms with Gasteiger partial charge in [-0.1, -0.05) is 200 Å². The minimum atomic E-state index is 0.689. The van der Waals surface area contributed by atoms with Crippen LogP contribution in [0, 0.1) is 0 Å². The van der Waals surface area contributed by atoms with Crippen LogP contribution in [0.25, 0.3) is 116 Å². The molecular weight excluding hydrogens is 739 g/mol. The molecule has 0 atom stereocenters. The van der Waals surface area contributed by atoms with Crippen molar-refractivity contribution in [3.05, 3.63) is 224 Å². The molecule has 2 aromatic heterocycles. The number of aromatic nitrogens is 3. The molecule has 0 aliphatic rings. The van der Waals surface area contributed by atoms with Gasteiger partial charge in [-0.25, -0.2) is 9.97 Å². The van der Waals surface area contributed by atoms with Gasteiger partial charge in [-0.3, -0.25) is 0 Å². The van der Waals surface area contributed by atoms with Gasteiger partial charge in [0.15, 0.2) is 5.82 Å². The summed E-state index contributed by atoms with van der Waals surface area (Å²) >= 11 is 0. The van der Waals surface area contributed by atoms with Crippen LogP contribution in [0.2, 0.25) is 0 Å². The molecule has 0 aliphatic carbocycles. The number of para-hydroxylation sites is 3. The molecule has 2 heterocycles. The van der Waals surface area contributed by atoms with Crippen LogP contribution < -0.4 is 0 Å². The summed E-state index contributed by atoms with van der Waals surface area (Å²) in [6.07, 6.45) is 0. The van der Waals surface area contributed by atoms with E-state index in [0.717, 1.165) is 50.4 Å². The highest BCUT2D eigenvalue weighted by atomic mass is 15.0. The van der Waals surface area contributed by atoms with Crippen molar-refractivity contribution in [3.8, 4) is 61.8 Å². The van der Waals surface area contributed by atoms with E-state index in [1.807, 2.05) is 18.2 Å². The third kappa shape index (κ3) is 5.74. The molecular formula is C58H37N3. The lowest BCUT2D eigenvalue weighted by molar-refractivity contribution is 1.15. The summed E-state index contributed by atoms with van der Waals surface area (Å²) in [6.45, 7) is 0. The van der Waals surface area contributed by atoms with E-state index in [0.29, 0.717) is 5.82 Å². The molecule has 12 aromatic rings. The summed E-state index contributed by atoms with van der Waals surface area (Å²) in [5.74, 6) is 0.689. The van der Waals surface area contributed by atoms with E-state index in [4.69, 9.17) is 9.97 Å². The molecule has 0 bridgehead atoms. The SMILES string of the molecule is c1ccc(-c2nc(-c3ccc(-c4c5ccccc5c(-c5ccccc5)c5c4ccc4ccccc45)cc3)cc(-c3ccccc3-n3c4ccccc4c4ccccc43)n2)cc1. The molecule has 0 fully saturated rings. The normalized spacial score (nSPS) is 11.6. The summed E-state index contributed by atoms with van der Waals surface area (Å²) < 4.78 is 2.37. The maximum atomic E-state index is 5.30. The van der Waals surface area contributed by atoms with Gasteiger partial charge in [-0.15, -0.1) is 0 Å². The van der Waals surface area contributed by atoms with Gasteiger partial charge >= 0.3 is 0 Å². The highest BCUT2D eigenvalue weighted by Gasteiger charge is 2.21. The Balaban J connectivity index is 1.05. The minimum Gasteiger partial charge on any atom is -0.309 e. The van der Waals surface area contributed by atoms with Gasteiger partial charge in [0.05, 0.1) is 28.1 Å². The number of benzene rings is 10. The zero-order valence-corrected chi connectivity index (χ0v) is 33.2. The second-order valence-electron chi connectivity index (χ2n) is 15.7. The zero-order valence-electron chi connectivity index (χ0n) is 33.2. The molecule has 0 aliphatic heterocycles. The van der Waals surface area contributed by atoms with E-state index >= 15 is 0 Å². The third-order valence-electron chi connectivity index (χ3n) is 12.2. The molecule has 3 heteroatoms. The van der Waals surface area contributed by atoms with E-state index in [1.165, 1.54) is 59.8 Å². The molecule has 0 unspecified atom stereocenters. The maximum absolute atomic E-state index is 5.30. The monoisotopic (exact) mass is 775 g/mol. The van der Waals surface area contributed by atoms with Crippen LogP contribution in [0.3, 0.4) is 0 Å². The fraction of sp³-hybridized carbons (Fsp3) is 0. The van der Waals surface area contributed by atoms with Crippen LogP contribution >= 0.6 is 0 Å². The molecule has 0 N–H and O–H groups in total. The van der Waals surface area contributed by atoms with Crippen LogP contribution in [0.5, 0.6) is 0 Å². The van der Waals surface area contributed by atoms with Gasteiger partial charge in [-0.2, -0.15) is 0 Å². The Hall–Kier alpha value is -8.14. The van der Waals surface area contributed by atoms with E-state index in [-0.39, 0.29) is 0 Å². The van der Waals surface area contributed by atoms with Crippen molar-refractivity contribution in [2.24, 2.45) is 0 Å². The molecule has 284 valence electrons. The highest BCUT2D eigenvalue weighted by Crippen LogP contribution is 2.46. The van der Waals surface area contributed by atoms with E-state index in [9.17, 15) is 0 Å². The Kier molecular flexibility index (Phi) is 8.17. The van der Waals surface area contributed by atoms with Crippen molar-refractivity contribution in [2.45, 2.75) is 0 Å². The number of nitrogens with zero attached hydrogens (tertiary/aromatic N) is 3. The summed E-state index contributed by atoms with van der Waals surface area (Å²) in [5, 5.41) is 9.93. The summed E-state index contributed by atoms with van der Waals surface area (Å²) in [7, 11) is 0. The highest BCUT2D eigenvalue weighted by molar-refractivity contribution is 6.28. The predicted molar refractivity (Wildman–Crippen MR) is 256 cm³/mol. The Morgan fingerprint density at radius 1 is 0.311 bits per heavy atom. The van der Waals surface area contributed by atoms with E-state index in [1.54, 1.807) is 0 Å². The van der Waals surface area contributed by atoms with Crippen LogP contribution in [-0.2, 0) is 0 Å². The smallest absolute Gasteiger partial charge is 0.160 e. The summed E-state index contributed by atoms with van der Waals surface area (Å²) in [5.41, 5.74) is 13.0. The minimum absolute atomic E-state index is 0.689. The standard InChI is InChI=1S/C58H37N3/c1-3-18-40(19-4-1)56-47-26-10-9-25-46(47)55(49-36-35-38-17-7-8-22-43(38)57(49)56)41-33-31-39(32-34-41)50-37-51(60-58(59-50)42-20-5-2-6-21-42)48-27-13-16-30-54(48)61-52-28-14-11-23-44(52)45-24-12-15-29-53(45)61/h1-37H. The van der Waals surface area contributed by atoms with Crippen LogP contribution in [0.4, 0.5) is 0 Å². The molecule has 10 aromatic carbocycles. The zero-order chi connectivity index (χ0) is 40.3. The van der Waals surface area contributed by atoms with E-state index in [2.05, 4.69) is 211 Å². The first kappa shape index (κ1) is 34.9. The van der Waals surface area contributed by atoms with Gasteiger partial charge in [0.2, 0.25) is 0 Å². The third-order valence-corrected chi connectivity index (χ3v) is 12.2. The molecule has 0 amide bonds. The van der Waals surface area contributed by atoms with Gasteiger partial charge < -0.3 is 4.57 Å². The Labute approximate surface area is 353 Å². The Morgan fingerprint density at radius 2 is 0.820 bits per heavy atom. The predicted octanol–water partition coefficient (Wildman–Crippen LogP) is 15.4. The van der Waals surface area contributed by atoms with Crippen LogP contribution in [0.1, 0.15) is 0 Å². The largest absolute Gasteiger partial charge is 0.309 e. The van der Waals surface area contributed by atoms with Crippen molar-refractivity contribution in [1.82, 2.24) is 14.5 Å². The van der Waals surface area contributed by atoms with Crippen molar-refractivity contribution in [1.29, 1.82) is 0 Å². The quantitative estimate of drug-likeness (QED) is 0.124. The van der Waals surface area contributed by atoms with Crippen molar-refractivity contribution in [3.63, 3.8) is 0 Å².